The highest BCUT2D eigenvalue weighted by Crippen LogP contribution is 2.51. The highest BCUT2D eigenvalue weighted by atomic mass is 15.1. The molecule has 0 spiro atoms. The van der Waals surface area contributed by atoms with Gasteiger partial charge in [-0.25, -0.2) is 0 Å². The molecule has 0 bridgehead atoms. The predicted molar refractivity (Wildman–Crippen MR) is 87.6 cm³/mol. The van der Waals surface area contributed by atoms with Crippen molar-refractivity contribution in [2.24, 2.45) is 0 Å². The molecule has 1 heteroatoms. The van der Waals surface area contributed by atoms with Gasteiger partial charge >= 0.3 is 0 Å². The van der Waals surface area contributed by atoms with Crippen molar-refractivity contribution in [1.82, 2.24) is 0 Å². The summed E-state index contributed by atoms with van der Waals surface area (Å²) in [5.74, 6) is 0. The topological polar surface area (TPSA) is 3.24 Å². The Balaban J connectivity index is 2.31. The average Bonchev–Trinajstić information content (AvgIpc) is 2.71. The van der Waals surface area contributed by atoms with Gasteiger partial charge in [0, 0.05) is 29.8 Å². The van der Waals surface area contributed by atoms with Crippen LogP contribution < -0.4 is 4.90 Å². The van der Waals surface area contributed by atoms with Crippen LogP contribution in [0.2, 0.25) is 0 Å². The van der Waals surface area contributed by atoms with Gasteiger partial charge in [0.15, 0.2) is 0 Å². The zero-order chi connectivity index (χ0) is 14.3. The number of hydrogen-bond donors (Lipinski definition) is 0. The van der Waals surface area contributed by atoms with Gasteiger partial charge in [-0.3, -0.25) is 0 Å². The molecule has 0 fully saturated rings. The number of benzene rings is 2. The van der Waals surface area contributed by atoms with Crippen molar-refractivity contribution in [3.8, 4) is 11.1 Å². The third-order valence-electron chi connectivity index (χ3n) is 4.69. The molecule has 0 aliphatic heterocycles. The summed E-state index contributed by atoms with van der Waals surface area (Å²) >= 11 is 0. The van der Waals surface area contributed by atoms with Crippen LogP contribution in [0.3, 0.4) is 0 Å². The van der Waals surface area contributed by atoms with Crippen LogP contribution in [0.5, 0.6) is 0 Å². The maximum atomic E-state index is 2.46. The van der Waals surface area contributed by atoms with Gasteiger partial charge < -0.3 is 4.90 Å². The molecule has 0 saturated carbocycles. The van der Waals surface area contributed by atoms with Crippen LogP contribution in [0.4, 0.5) is 5.69 Å². The number of rotatable bonds is 3. The van der Waals surface area contributed by atoms with E-state index < -0.39 is 0 Å². The number of hydrogen-bond acceptors (Lipinski definition) is 1. The maximum absolute atomic E-state index is 2.46. The van der Waals surface area contributed by atoms with Gasteiger partial charge in [-0.2, -0.15) is 0 Å². The van der Waals surface area contributed by atoms with Gasteiger partial charge in [-0.05, 0) is 36.6 Å². The second kappa shape index (κ2) is 4.66. The molecule has 1 nitrogen and oxygen atoms in total. The Morgan fingerprint density at radius 2 is 1.50 bits per heavy atom. The van der Waals surface area contributed by atoms with E-state index in [1.807, 2.05) is 0 Å². The SMILES string of the molecule is CCN(CC)c1cccc2c1-c1ccccc1C2(C)C. The second-order valence-electron chi connectivity index (χ2n) is 6.04. The largest absolute Gasteiger partial charge is 0.372 e. The minimum atomic E-state index is 0.106. The van der Waals surface area contributed by atoms with Crippen molar-refractivity contribution in [2.75, 3.05) is 18.0 Å². The number of anilines is 1. The first-order valence-corrected chi connectivity index (χ1v) is 7.59. The molecule has 0 heterocycles. The fourth-order valence-electron chi connectivity index (χ4n) is 3.56. The van der Waals surface area contributed by atoms with Gasteiger partial charge in [-0.15, -0.1) is 0 Å². The van der Waals surface area contributed by atoms with E-state index in [1.54, 1.807) is 0 Å². The lowest BCUT2D eigenvalue weighted by Gasteiger charge is -2.26. The zero-order valence-corrected chi connectivity index (χ0v) is 12.9. The van der Waals surface area contributed by atoms with Crippen LogP contribution in [-0.2, 0) is 5.41 Å². The van der Waals surface area contributed by atoms with Crippen molar-refractivity contribution >= 4 is 5.69 Å². The molecule has 0 N–H and O–H groups in total. The van der Waals surface area contributed by atoms with Crippen LogP contribution >= 0.6 is 0 Å². The summed E-state index contributed by atoms with van der Waals surface area (Å²) in [7, 11) is 0. The first kappa shape index (κ1) is 13.2. The van der Waals surface area contributed by atoms with E-state index in [-0.39, 0.29) is 5.41 Å². The minimum absolute atomic E-state index is 0.106. The molecular weight excluding hydrogens is 242 g/mol. The van der Waals surface area contributed by atoms with Crippen molar-refractivity contribution < 1.29 is 0 Å². The predicted octanol–water partition coefficient (Wildman–Crippen LogP) is 4.84. The Morgan fingerprint density at radius 1 is 0.850 bits per heavy atom. The fraction of sp³-hybridized carbons (Fsp3) is 0.368. The smallest absolute Gasteiger partial charge is 0.0448 e. The van der Waals surface area contributed by atoms with Crippen LogP contribution in [0.1, 0.15) is 38.8 Å². The van der Waals surface area contributed by atoms with Crippen molar-refractivity contribution in [2.45, 2.75) is 33.1 Å². The quantitative estimate of drug-likeness (QED) is 0.767. The van der Waals surface area contributed by atoms with Crippen LogP contribution in [0.15, 0.2) is 42.5 Å². The first-order chi connectivity index (χ1) is 9.61. The summed E-state index contributed by atoms with van der Waals surface area (Å²) in [6.45, 7) is 11.2. The molecule has 0 amide bonds. The van der Waals surface area contributed by atoms with Gasteiger partial charge in [0.1, 0.15) is 0 Å². The summed E-state index contributed by atoms with van der Waals surface area (Å²) in [4.78, 5) is 2.46. The first-order valence-electron chi connectivity index (χ1n) is 7.59. The van der Waals surface area contributed by atoms with E-state index in [1.165, 1.54) is 27.9 Å². The van der Waals surface area contributed by atoms with E-state index in [0.29, 0.717) is 0 Å². The van der Waals surface area contributed by atoms with Gasteiger partial charge in [0.25, 0.3) is 0 Å². The van der Waals surface area contributed by atoms with Crippen LogP contribution in [0.25, 0.3) is 11.1 Å². The fourth-order valence-corrected chi connectivity index (χ4v) is 3.56. The number of fused-ring (bicyclic) bond motifs is 3. The molecule has 1 aliphatic carbocycles. The lowest BCUT2D eigenvalue weighted by molar-refractivity contribution is 0.660. The Morgan fingerprint density at radius 3 is 2.20 bits per heavy atom. The highest BCUT2D eigenvalue weighted by molar-refractivity contribution is 5.90. The van der Waals surface area contributed by atoms with E-state index in [0.717, 1.165) is 13.1 Å². The normalized spacial score (nSPS) is 14.8. The Labute approximate surface area is 122 Å². The molecule has 0 radical (unpaired) electrons. The molecular formula is C19H23N. The van der Waals surface area contributed by atoms with Gasteiger partial charge in [0.2, 0.25) is 0 Å². The van der Waals surface area contributed by atoms with Crippen molar-refractivity contribution in [1.29, 1.82) is 0 Å². The average molecular weight is 265 g/mol. The Bertz CT molecular complexity index is 636. The summed E-state index contributed by atoms with van der Waals surface area (Å²) in [5, 5.41) is 0. The molecule has 0 atom stereocenters. The third-order valence-corrected chi connectivity index (χ3v) is 4.69. The molecule has 0 aromatic heterocycles. The molecule has 20 heavy (non-hydrogen) atoms. The summed E-state index contributed by atoms with van der Waals surface area (Å²) in [6, 6.07) is 15.6. The molecule has 0 unspecified atom stereocenters. The highest BCUT2D eigenvalue weighted by Gasteiger charge is 2.36. The zero-order valence-electron chi connectivity index (χ0n) is 12.9. The summed E-state index contributed by atoms with van der Waals surface area (Å²) in [6.07, 6.45) is 0. The monoisotopic (exact) mass is 265 g/mol. The molecule has 2 aromatic rings. The maximum Gasteiger partial charge on any atom is 0.0448 e. The van der Waals surface area contributed by atoms with E-state index in [2.05, 4.69) is 75.1 Å². The van der Waals surface area contributed by atoms with Crippen molar-refractivity contribution in [3.05, 3.63) is 53.6 Å². The van der Waals surface area contributed by atoms with Crippen LogP contribution in [0, 0.1) is 0 Å². The van der Waals surface area contributed by atoms with Crippen LogP contribution in [-0.4, -0.2) is 13.1 Å². The third kappa shape index (κ3) is 1.69. The lowest BCUT2D eigenvalue weighted by Crippen LogP contribution is -2.23. The van der Waals surface area contributed by atoms with E-state index >= 15 is 0 Å². The standard InChI is InChI=1S/C19H23N/c1-5-20(6-2)17-13-9-12-16-18(17)14-10-7-8-11-15(14)19(16,3)4/h7-13H,5-6H2,1-4H3. The molecule has 3 rings (SSSR count). The van der Waals surface area contributed by atoms with Crippen molar-refractivity contribution in [3.63, 3.8) is 0 Å². The van der Waals surface area contributed by atoms with E-state index in [4.69, 9.17) is 0 Å². The van der Waals surface area contributed by atoms with Gasteiger partial charge in [-0.1, -0.05) is 50.2 Å². The molecule has 2 aromatic carbocycles. The molecule has 1 aliphatic rings. The summed E-state index contributed by atoms with van der Waals surface area (Å²) < 4.78 is 0. The summed E-state index contributed by atoms with van der Waals surface area (Å²) in [5.41, 5.74) is 7.25. The Kier molecular flexibility index (Phi) is 3.08. The minimum Gasteiger partial charge on any atom is -0.372 e. The second-order valence-corrected chi connectivity index (χ2v) is 6.04. The molecule has 0 saturated heterocycles. The van der Waals surface area contributed by atoms with E-state index in [9.17, 15) is 0 Å². The lowest BCUT2D eigenvalue weighted by atomic mass is 9.82. The van der Waals surface area contributed by atoms with Gasteiger partial charge in [0.05, 0.1) is 0 Å². The number of nitrogens with zero attached hydrogens (tertiary/aromatic N) is 1. The Hall–Kier alpha value is -1.76. The molecule has 104 valence electrons.